The molecule has 0 saturated carbocycles. The van der Waals surface area contributed by atoms with E-state index in [4.69, 9.17) is 0 Å². The predicted molar refractivity (Wildman–Crippen MR) is 92.2 cm³/mol. The molecule has 1 amide bonds. The lowest BCUT2D eigenvalue weighted by molar-refractivity contribution is -0.134. The van der Waals surface area contributed by atoms with E-state index in [0.717, 1.165) is 29.8 Å². The number of rotatable bonds is 3. The van der Waals surface area contributed by atoms with Gasteiger partial charge < -0.3 is 9.80 Å². The molecule has 0 radical (unpaired) electrons. The zero-order valence-electron chi connectivity index (χ0n) is 14.9. The van der Waals surface area contributed by atoms with Crippen molar-refractivity contribution in [2.24, 2.45) is 0 Å². The summed E-state index contributed by atoms with van der Waals surface area (Å²) in [6.07, 6.45) is 1.80. The fraction of sp³-hybridized carbons (Fsp3) is 0.579. The topological polar surface area (TPSA) is 47.3 Å². The molecule has 1 aliphatic rings. The van der Waals surface area contributed by atoms with Crippen molar-refractivity contribution in [2.45, 2.75) is 45.6 Å². The van der Waals surface area contributed by atoms with Crippen LogP contribution in [0, 0.1) is 32.1 Å². The van der Waals surface area contributed by atoms with Crippen molar-refractivity contribution in [2.75, 3.05) is 27.2 Å². The van der Waals surface area contributed by atoms with Crippen molar-refractivity contribution in [3.05, 3.63) is 34.4 Å². The van der Waals surface area contributed by atoms with Gasteiger partial charge in [0, 0.05) is 20.1 Å². The smallest absolute Gasteiger partial charge is 0.228 e. The van der Waals surface area contributed by atoms with Gasteiger partial charge in [0.15, 0.2) is 0 Å². The molecule has 1 heterocycles. The van der Waals surface area contributed by atoms with Crippen molar-refractivity contribution in [1.29, 1.82) is 5.26 Å². The largest absolute Gasteiger partial charge is 0.327 e. The minimum absolute atomic E-state index is 0.0335. The number of amides is 1. The first-order valence-electron chi connectivity index (χ1n) is 8.22. The number of nitriles is 1. The highest BCUT2D eigenvalue weighted by Crippen LogP contribution is 2.28. The van der Waals surface area contributed by atoms with Crippen molar-refractivity contribution < 1.29 is 4.79 Å². The number of carbonyl (C=O) groups is 1. The number of carbonyl (C=O) groups excluding carboxylic acids is 1. The van der Waals surface area contributed by atoms with Crippen LogP contribution >= 0.6 is 0 Å². The standard InChI is InChI=1S/C19H27N3O/c1-14-10-15(2)17(16(3)11-14)12-18(23)22(5)19(13-20)6-8-21(4)9-7-19/h10-11H,6-9,12H2,1-5H3. The monoisotopic (exact) mass is 313 g/mol. The lowest BCUT2D eigenvalue weighted by Crippen LogP contribution is -2.54. The molecule has 4 heteroatoms. The Hall–Kier alpha value is -1.86. The van der Waals surface area contributed by atoms with Crippen molar-refractivity contribution >= 4 is 5.91 Å². The van der Waals surface area contributed by atoms with Crippen LogP contribution in [0.15, 0.2) is 12.1 Å². The molecule has 4 nitrogen and oxygen atoms in total. The van der Waals surface area contributed by atoms with E-state index in [0.29, 0.717) is 19.3 Å². The van der Waals surface area contributed by atoms with E-state index in [2.05, 4.69) is 50.9 Å². The minimum atomic E-state index is -0.657. The summed E-state index contributed by atoms with van der Waals surface area (Å²) >= 11 is 0. The lowest BCUT2D eigenvalue weighted by Gasteiger charge is -2.41. The molecule has 1 fully saturated rings. The molecule has 1 saturated heterocycles. The normalized spacial score (nSPS) is 17.6. The van der Waals surface area contributed by atoms with Crippen molar-refractivity contribution in [3.8, 4) is 6.07 Å². The maximum atomic E-state index is 12.8. The Morgan fingerprint density at radius 3 is 2.26 bits per heavy atom. The summed E-state index contributed by atoms with van der Waals surface area (Å²) in [4.78, 5) is 16.7. The fourth-order valence-corrected chi connectivity index (χ4v) is 3.51. The van der Waals surface area contributed by atoms with E-state index in [1.807, 2.05) is 0 Å². The van der Waals surface area contributed by atoms with E-state index in [-0.39, 0.29) is 5.91 Å². The fourth-order valence-electron chi connectivity index (χ4n) is 3.51. The van der Waals surface area contributed by atoms with Gasteiger partial charge in [-0.05, 0) is 57.4 Å². The average Bonchev–Trinajstić information content (AvgIpc) is 2.51. The quantitative estimate of drug-likeness (QED) is 0.862. The molecule has 1 aromatic rings. The minimum Gasteiger partial charge on any atom is -0.327 e. The van der Waals surface area contributed by atoms with E-state index in [9.17, 15) is 10.1 Å². The van der Waals surface area contributed by atoms with Crippen LogP contribution in [0.5, 0.6) is 0 Å². The first-order chi connectivity index (χ1) is 10.8. The zero-order valence-corrected chi connectivity index (χ0v) is 14.9. The van der Waals surface area contributed by atoms with Crippen LogP contribution < -0.4 is 0 Å². The molecule has 2 rings (SSSR count). The van der Waals surface area contributed by atoms with Crippen LogP contribution in [0.3, 0.4) is 0 Å². The van der Waals surface area contributed by atoms with E-state index in [1.165, 1.54) is 5.56 Å². The van der Waals surface area contributed by atoms with Gasteiger partial charge in [0.25, 0.3) is 0 Å². The highest BCUT2D eigenvalue weighted by atomic mass is 16.2. The Balaban J connectivity index is 2.19. The van der Waals surface area contributed by atoms with Gasteiger partial charge >= 0.3 is 0 Å². The highest BCUT2D eigenvalue weighted by Gasteiger charge is 2.40. The zero-order chi connectivity index (χ0) is 17.2. The van der Waals surface area contributed by atoms with Gasteiger partial charge in [-0.25, -0.2) is 0 Å². The van der Waals surface area contributed by atoms with E-state index in [1.54, 1.807) is 11.9 Å². The highest BCUT2D eigenvalue weighted by molar-refractivity contribution is 5.80. The van der Waals surface area contributed by atoms with Gasteiger partial charge in [0.05, 0.1) is 12.5 Å². The summed E-state index contributed by atoms with van der Waals surface area (Å²) in [7, 11) is 3.85. The number of likely N-dealkylation sites (tertiary alicyclic amines) is 1. The van der Waals surface area contributed by atoms with Crippen molar-refractivity contribution in [1.82, 2.24) is 9.80 Å². The number of likely N-dealkylation sites (N-methyl/N-ethyl adjacent to an activating group) is 1. The Morgan fingerprint density at radius 2 is 1.78 bits per heavy atom. The summed E-state index contributed by atoms with van der Waals surface area (Å²) in [5, 5.41) is 9.70. The Kier molecular flexibility index (Phi) is 5.11. The van der Waals surface area contributed by atoms with Gasteiger partial charge in [-0.15, -0.1) is 0 Å². The third-order valence-corrected chi connectivity index (χ3v) is 5.21. The molecule has 0 aliphatic carbocycles. The van der Waals surface area contributed by atoms with Crippen molar-refractivity contribution in [3.63, 3.8) is 0 Å². The summed E-state index contributed by atoms with van der Waals surface area (Å²) in [6.45, 7) is 7.89. The molecule has 124 valence electrons. The predicted octanol–water partition coefficient (Wildman–Crippen LogP) is 2.60. The molecule has 0 unspecified atom stereocenters. The summed E-state index contributed by atoms with van der Waals surface area (Å²) < 4.78 is 0. The van der Waals surface area contributed by atoms with Gasteiger partial charge in [-0.1, -0.05) is 17.7 Å². The van der Waals surface area contributed by atoms with Gasteiger partial charge in [0.2, 0.25) is 5.91 Å². The Morgan fingerprint density at radius 1 is 1.26 bits per heavy atom. The van der Waals surface area contributed by atoms with Crippen LogP contribution in [-0.4, -0.2) is 48.4 Å². The van der Waals surface area contributed by atoms with Crippen LogP contribution in [0.1, 0.15) is 35.1 Å². The Bertz CT molecular complexity index is 614. The molecule has 0 aromatic heterocycles. The number of piperidine rings is 1. The molecule has 0 bridgehead atoms. The summed E-state index contributed by atoms with van der Waals surface area (Å²) in [5.74, 6) is 0.0335. The maximum absolute atomic E-state index is 12.8. The maximum Gasteiger partial charge on any atom is 0.228 e. The first kappa shape index (κ1) is 17.5. The molecule has 1 aromatic carbocycles. The van der Waals surface area contributed by atoms with Gasteiger partial charge in [-0.3, -0.25) is 4.79 Å². The third kappa shape index (κ3) is 3.56. The Labute approximate surface area is 139 Å². The summed E-state index contributed by atoms with van der Waals surface area (Å²) in [6, 6.07) is 6.65. The average molecular weight is 313 g/mol. The third-order valence-electron chi connectivity index (χ3n) is 5.21. The van der Waals surface area contributed by atoms with E-state index >= 15 is 0 Å². The second-order valence-electron chi connectivity index (χ2n) is 6.95. The number of benzene rings is 1. The number of nitrogens with zero attached hydrogens (tertiary/aromatic N) is 3. The number of hydrogen-bond donors (Lipinski definition) is 0. The molecule has 23 heavy (non-hydrogen) atoms. The SMILES string of the molecule is Cc1cc(C)c(CC(=O)N(C)C2(C#N)CCN(C)CC2)c(C)c1. The number of aryl methyl sites for hydroxylation is 3. The van der Waals surface area contributed by atoms with E-state index < -0.39 is 5.54 Å². The van der Waals surface area contributed by atoms with Gasteiger partial charge in [-0.2, -0.15) is 5.26 Å². The van der Waals surface area contributed by atoms with Crippen LogP contribution in [0.4, 0.5) is 0 Å². The van der Waals surface area contributed by atoms with Gasteiger partial charge in [0.1, 0.15) is 5.54 Å². The molecule has 0 atom stereocenters. The summed E-state index contributed by atoms with van der Waals surface area (Å²) in [5.41, 5.74) is 3.95. The number of hydrogen-bond acceptors (Lipinski definition) is 3. The molecular formula is C19H27N3O. The molecule has 1 aliphatic heterocycles. The lowest BCUT2D eigenvalue weighted by atomic mass is 9.87. The first-order valence-corrected chi connectivity index (χ1v) is 8.22. The van der Waals surface area contributed by atoms with Crippen LogP contribution in [0.2, 0.25) is 0 Å². The van der Waals surface area contributed by atoms with Crippen LogP contribution in [-0.2, 0) is 11.2 Å². The molecule has 0 spiro atoms. The molecular weight excluding hydrogens is 286 g/mol. The molecule has 0 N–H and O–H groups in total. The second kappa shape index (κ2) is 6.72. The van der Waals surface area contributed by atoms with Crippen LogP contribution in [0.25, 0.3) is 0 Å². The second-order valence-corrected chi connectivity index (χ2v) is 6.95.